The molecule has 1 aliphatic carbocycles. The average Bonchev–Trinajstić information content (AvgIpc) is 2.59. The van der Waals surface area contributed by atoms with E-state index in [4.69, 9.17) is 9.47 Å². The maximum atomic E-state index is 12.8. The lowest BCUT2D eigenvalue weighted by Gasteiger charge is -2.34. The quantitative estimate of drug-likeness (QED) is 0.888. The Morgan fingerprint density at radius 1 is 1.08 bits per heavy atom. The van der Waals surface area contributed by atoms with Gasteiger partial charge in [-0.2, -0.15) is 0 Å². The van der Waals surface area contributed by atoms with Gasteiger partial charge in [0.1, 0.15) is 11.5 Å². The molecular weight excluding hydrogens is 320 g/mol. The Morgan fingerprint density at radius 2 is 1.80 bits per heavy atom. The molecule has 0 radical (unpaired) electrons. The van der Waals surface area contributed by atoms with Crippen molar-refractivity contribution < 1.29 is 19.1 Å². The first kappa shape index (κ1) is 17.6. The van der Waals surface area contributed by atoms with Gasteiger partial charge in [-0.3, -0.25) is 9.59 Å². The zero-order chi connectivity index (χ0) is 17.8. The summed E-state index contributed by atoms with van der Waals surface area (Å²) in [6.07, 6.45) is 4.78. The van der Waals surface area contributed by atoms with Gasteiger partial charge in [-0.05, 0) is 37.8 Å². The van der Waals surface area contributed by atoms with E-state index in [2.05, 4.69) is 5.32 Å². The van der Waals surface area contributed by atoms with Gasteiger partial charge in [0.15, 0.2) is 0 Å². The van der Waals surface area contributed by atoms with Gasteiger partial charge in [-0.15, -0.1) is 0 Å². The highest BCUT2D eigenvalue weighted by Crippen LogP contribution is 2.28. The van der Waals surface area contributed by atoms with Crippen molar-refractivity contribution in [2.75, 3.05) is 27.3 Å². The first-order valence-electron chi connectivity index (χ1n) is 8.94. The summed E-state index contributed by atoms with van der Waals surface area (Å²) in [7, 11) is 3.13. The van der Waals surface area contributed by atoms with E-state index in [1.54, 1.807) is 32.4 Å². The number of piperidine rings is 1. The topological polar surface area (TPSA) is 67.9 Å². The molecular formula is C19H26N2O4. The van der Waals surface area contributed by atoms with Gasteiger partial charge >= 0.3 is 0 Å². The van der Waals surface area contributed by atoms with Crippen molar-refractivity contribution >= 4 is 11.8 Å². The predicted octanol–water partition coefficient (Wildman–Crippen LogP) is 2.22. The molecule has 3 rings (SSSR count). The Labute approximate surface area is 148 Å². The Balaban J connectivity index is 1.57. The Hall–Kier alpha value is -2.24. The van der Waals surface area contributed by atoms with Crippen molar-refractivity contribution in [2.24, 2.45) is 5.92 Å². The van der Waals surface area contributed by atoms with Crippen LogP contribution in [0.5, 0.6) is 11.5 Å². The van der Waals surface area contributed by atoms with Crippen molar-refractivity contribution in [3.8, 4) is 11.5 Å². The lowest BCUT2D eigenvalue weighted by molar-refractivity contribution is -0.128. The number of likely N-dealkylation sites (tertiary alicyclic amines) is 1. The molecule has 0 unspecified atom stereocenters. The fourth-order valence-electron chi connectivity index (χ4n) is 3.36. The van der Waals surface area contributed by atoms with Crippen molar-refractivity contribution in [2.45, 2.75) is 38.1 Å². The molecule has 0 spiro atoms. The van der Waals surface area contributed by atoms with Crippen molar-refractivity contribution in [1.29, 1.82) is 0 Å². The van der Waals surface area contributed by atoms with E-state index in [1.807, 2.05) is 4.90 Å². The van der Waals surface area contributed by atoms with Crippen LogP contribution in [0.2, 0.25) is 0 Å². The molecule has 6 heteroatoms. The van der Waals surface area contributed by atoms with Crippen LogP contribution in [0, 0.1) is 5.92 Å². The van der Waals surface area contributed by atoms with Gasteiger partial charge in [0.25, 0.3) is 5.91 Å². The summed E-state index contributed by atoms with van der Waals surface area (Å²) >= 11 is 0. The molecule has 2 fully saturated rings. The summed E-state index contributed by atoms with van der Waals surface area (Å²) in [5.74, 6) is 1.54. The second kappa shape index (κ2) is 7.76. The maximum Gasteiger partial charge on any atom is 0.257 e. The zero-order valence-corrected chi connectivity index (χ0v) is 14.9. The van der Waals surface area contributed by atoms with Crippen LogP contribution < -0.4 is 14.8 Å². The third-order valence-electron chi connectivity index (χ3n) is 5.24. The highest BCUT2D eigenvalue weighted by atomic mass is 16.5. The van der Waals surface area contributed by atoms with E-state index in [0.29, 0.717) is 30.2 Å². The standard InChI is InChI=1S/C19H26N2O4/c1-24-15-6-7-16(17(12-15)25-2)19(23)21-10-8-14(9-11-21)20-18(22)13-4-3-5-13/h6-7,12-14H,3-5,8-11H2,1-2H3,(H,20,22). The first-order valence-corrected chi connectivity index (χ1v) is 8.94. The zero-order valence-electron chi connectivity index (χ0n) is 14.9. The normalized spacial score (nSPS) is 18.4. The number of hydrogen-bond acceptors (Lipinski definition) is 4. The number of amides is 2. The molecule has 1 saturated heterocycles. The number of benzene rings is 1. The summed E-state index contributed by atoms with van der Waals surface area (Å²) in [6, 6.07) is 5.40. The Kier molecular flexibility index (Phi) is 5.46. The third kappa shape index (κ3) is 3.89. The van der Waals surface area contributed by atoms with Gasteiger partial charge in [0, 0.05) is 31.1 Å². The van der Waals surface area contributed by atoms with E-state index in [9.17, 15) is 9.59 Å². The molecule has 1 aliphatic heterocycles. The number of carbonyl (C=O) groups excluding carboxylic acids is 2. The minimum absolute atomic E-state index is 0.0386. The highest BCUT2D eigenvalue weighted by molar-refractivity contribution is 5.97. The van der Waals surface area contributed by atoms with Gasteiger partial charge in [0.05, 0.1) is 19.8 Å². The van der Waals surface area contributed by atoms with Gasteiger partial charge in [-0.1, -0.05) is 6.42 Å². The molecule has 0 aromatic heterocycles. The number of hydrogen-bond donors (Lipinski definition) is 1. The fraction of sp³-hybridized carbons (Fsp3) is 0.579. The molecule has 25 heavy (non-hydrogen) atoms. The number of methoxy groups -OCH3 is 2. The van der Waals surface area contributed by atoms with Gasteiger partial charge in [0.2, 0.25) is 5.91 Å². The van der Waals surface area contributed by atoms with Crippen LogP contribution in [-0.2, 0) is 4.79 Å². The summed E-state index contributed by atoms with van der Waals surface area (Å²) in [6.45, 7) is 1.28. The lowest BCUT2D eigenvalue weighted by atomic mass is 9.84. The van der Waals surface area contributed by atoms with Crippen molar-refractivity contribution in [3.05, 3.63) is 23.8 Å². The van der Waals surface area contributed by atoms with E-state index >= 15 is 0 Å². The maximum absolute atomic E-state index is 12.8. The van der Waals surface area contributed by atoms with Crippen LogP contribution >= 0.6 is 0 Å². The lowest BCUT2D eigenvalue weighted by Crippen LogP contribution is -2.48. The number of nitrogens with one attached hydrogen (secondary N) is 1. The van der Waals surface area contributed by atoms with Crippen molar-refractivity contribution in [3.63, 3.8) is 0 Å². The summed E-state index contributed by atoms with van der Waals surface area (Å²) in [4.78, 5) is 26.7. The second-order valence-electron chi connectivity index (χ2n) is 6.77. The Morgan fingerprint density at radius 3 is 2.36 bits per heavy atom. The monoisotopic (exact) mass is 346 g/mol. The average molecular weight is 346 g/mol. The molecule has 2 amide bonds. The minimum Gasteiger partial charge on any atom is -0.497 e. The van der Waals surface area contributed by atoms with E-state index in [0.717, 1.165) is 32.1 Å². The fourth-order valence-corrected chi connectivity index (χ4v) is 3.36. The van der Waals surface area contributed by atoms with Crippen LogP contribution in [0.15, 0.2) is 18.2 Å². The molecule has 1 saturated carbocycles. The molecule has 1 aromatic rings. The van der Waals surface area contributed by atoms with E-state index in [-0.39, 0.29) is 23.8 Å². The molecule has 6 nitrogen and oxygen atoms in total. The second-order valence-corrected chi connectivity index (χ2v) is 6.77. The number of ether oxygens (including phenoxy) is 2. The van der Waals surface area contributed by atoms with Crippen LogP contribution in [0.4, 0.5) is 0 Å². The summed E-state index contributed by atoms with van der Waals surface area (Å²) < 4.78 is 10.5. The number of rotatable bonds is 5. The SMILES string of the molecule is COc1ccc(C(=O)N2CCC(NC(=O)C3CCC3)CC2)c(OC)c1. The van der Waals surface area contributed by atoms with Crippen LogP contribution in [0.25, 0.3) is 0 Å². The number of carbonyl (C=O) groups is 2. The van der Waals surface area contributed by atoms with E-state index < -0.39 is 0 Å². The molecule has 2 aliphatic rings. The molecule has 1 N–H and O–H groups in total. The molecule has 136 valence electrons. The summed E-state index contributed by atoms with van der Waals surface area (Å²) in [5, 5.41) is 3.14. The number of nitrogens with zero attached hydrogens (tertiary/aromatic N) is 1. The summed E-state index contributed by atoms with van der Waals surface area (Å²) in [5.41, 5.74) is 0.542. The van der Waals surface area contributed by atoms with Crippen LogP contribution in [-0.4, -0.2) is 50.1 Å². The van der Waals surface area contributed by atoms with Gasteiger partial charge < -0.3 is 19.7 Å². The van der Waals surface area contributed by atoms with Crippen LogP contribution in [0.3, 0.4) is 0 Å². The smallest absolute Gasteiger partial charge is 0.257 e. The molecule has 0 atom stereocenters. The molecule has 1 aromatic carbocycles. The minimum atomic E-state index is -0.0386. The predicted molar refractivity (Wildman–Crippen MR) is 94.0 cm³/mol. The molecule has 0 bridgehead atoms. The van der Waals surface area contributed by atoms with Gasteiger partial charge in [-0.25, -0.2) is 0 Å². The molecule has 1 heterocycles. The Bertz CT molecular complexity index is 634. The van der Waals surface area contributed by atoms with E-state index in [1.165, 1.54) is 0 Å². The largest absolute Gasteiger partial charge is 0.497 e. The highest BCUT2D eigenvalue weighted by Gasteiger charge is 2.30. The van der Waals surface area contributed by atoms with Crippen molar-refractivity contribution in [1.82, 2.24) is 10.2 Å². The third-order valence-corrected chi connectivity index (χ3v) is 5.24. The first-order chi connectivity index (χ1) is 12.1. The van der Waals surface area contributed by atoms with Crippen LogP contribution in [0.1, 0.15) is 42.5 Å².